The number of nitrogens with zero attached hydrogens (tertiary/aromatic N) is 1. The molecule has 0 aromatic heterocycles. The summed E-state index contributed by atoms with van der Waals surface area (Å²) >= 11 is 0. The molecule has 1 saturated carbocycles. The van der Waals surface area contributed by atoms with E-state index in [1.807, 2.05) is 0 Å². The van der Waals surface area contributed by atoms with Crippen molar-refractivity contribution < 1.29 is 9.90 Å². The van der Waals surface area contributed by atoms with Crippen LogP contribution in [0.1, 0.15) is 39.5 Å². The molecule has 3 heteroatoms. The molecule has 3 nitrogen and oxygen atoms in total. The van der Waals surface area contributed by atoms with Gasteiger partial charge in [0, 0.05) is 19.1 Å². The molecular weight excluding hydrogens is 202 g/mol. The highest BCUT2D eigenvalue weighted by Gasteiger charge is 2.38. The Morgan fingerprint density at radius 1 is 1.25 bits per heavy atom. The molecule has 0 spiro atoms. The summed E-state index contributed by atoms with van der Waals surface area (Å²) in [6, 6.07) is 0.649. The number of carbonyl (C=O) groups is 1. The van der Waals surface area contributed by atoms with E-state index in [1.54, 1.807) is 0 Å². The maximum Gasteiger partial charge on any atom is 0.308 e. The summed E-state index contributed by atoms with van der Waals surface area (Å²) < 4.78 is 0. The van der Waals surface area contributed by atoms with Gasteiger partial charge in [-0.2, -0.15) is 0 Å². The van der Waals surface area contributed by atoms with Gasteiger partial charge >= 0.3 is 5.97 Å². The molecule has 2 unspecified atom stereocenters. The van der Waals surface area contributed by atoms with Gasteiger partial charge in [-0.3, -0.25) is 9.69 Å². The van der Waals surface area contributed by atoms with Crippen molar-refractivity contribution in [3.05, 3.63) is 0 Å². The summed E-state index contributed by atoms with van der Waals surface area (Å²) in [5.74, 6) is 0.378. The standard InChI is InChI=1S/C13H23NO2/c1-9-4-3-5-11(6-9)14-7-10(2)12(8-14)13(15)16/h9-12H,3-8H2,1-2H3,(H,15,16)/t9?,10-,11?,12-/m1/s1. The lowest BCUT2D eigenvalue weighted by Crippen LogP contribution is -2.37. The lowest BCUT2D eigenvalue weighted by Gasteiger charge is -2.34. The van der Waals surface area contributed by atoms with E-state index in [9.17, 15) is 4.79 Å². The minimum atomic E-state index is -0.612. The first kappa shape index (κ1) is 11.9. The quantitative estimate of drug-likeness (QED) is 0.783. The summed E-state index contributed by atoms with van der Waals surface area (Å²) in [7, 11) is 0. The first-order valence-electron chi connectivity index (χ1n) is 6.54. The van der Waals surface area contributed by atoms with Gasteiger partial charge in [-0.15, -0.1) is 0 Å². The minimum absolute atomic E-state index is 0.141. The second-order valence-electron chi connectivity index (χ2n) is 5.80. The number of aliphatic carboxylic acids is 1. The molecule has 1 N–H and O–H groups in total. The molecule has 0 radical (unpaired) electrons. The van der Waals surface area contributed by atoms with E-state index in [4.69, 9.17) is 5.11 Å². The second-order valence-corrected chi connectivity index (χ2v) is 5.80. The topological polar surface area (TPSA) is 40.5 Å². The lowest BCUT2D eigenvalue weighted by molar-refractivity contribution is -0.142. The molecule has 92 valence electrons. The Bertz CT molecular complexity index is 267. The number of likely N-dealkylation sites (tertiary alicyclic amines) is 1. The molecule has 4 atom stereocenters. The molecule has 1 saturated heterocycles. The SMILES string of the molecule is CC1CCCC(N2C[C@@H](C)[C@H](C(=O)O)C2)C1. The Kier molecular flexibility index (Phi) is 3.53. The van der Waals surface area contributed by atoms with E-state index in [0.717, 1.165) is 19.0 Å². The van der Waals surface area contributed by atoms with Crippen LogP contribution in [0.25, 0.3) is 0 Å². The Morgan fingerprint density at radius 2 is 2.00 bits per heavy atom. The van der Waals surface area contributed by atoms with Gasteiger partial charge in [0.2, 0.25) is 0 Å². The molecule has 1 aliphatic heterocycles. The third kappa shape index (κ3) is 2.40. The van der Waals surface area contributed by atoms with Crippen molar-refractivity contribution in [2.45, 2.75) is 45.6 Å². The van der Waals surface area contributed by atoms with Crippen LogP contribution in [0.2, 0.25) is 0 Å². The number of hydrogen-bond acceptors (Lipinski definition) is 2. The highest BCUT2D eigenvalue weighted by molar-refractivity contribution is 5.71. The number of hydrogen-bond donors (Lipinski definition) is 1. The first-order chi connectivity index (χ1) is 7.58. The molecule has 2 aliphatic rings. The van der Waals surface area contributed by atoms with Gasteiger partial charge in [0.1, 0.15) is 0 Å². The van der Waals surface area contributed by atoms with Crippen LogP contribution in [-0.2, 0) is 4.79 Å². The van der Waals surface area contributed by atoms with Crippen molar-refractivity contribution >= 4 is 5.97 Å². The normalized spacial score (nSPS) is 41.1. The second kappa shape index (κ2) is 4.74. The molecule has 16 heavy (non-hydrogen) atoms. The number of rotatable bonds is 2. The highest BCUT2D eigenvalue weighted by Crippen LogP contribution is 2.32. The monoisotopic (exact) mass is 225 g/mol. The molecule has 0 bridgehead atoms. The highest BCUT2D eigenvalue weighted by atomic mass is 16.4. The van der Waals surface area contributed by atoms with Gasteiger partial charge < -0.3 is 5.11 Å². The van der Waals surface area contributed by atoms with Gasteiger partial charge in [0.25, 0.3) is 0 Å². The largest absolute Gasteiger partial charge is 0.481 e. The third-order valence-corrected chi connectivity index (χ3v) is 4.38. The molecule has 1 aliphatic carbocycles. The average Bonchev–Trinajstić information content (AvgIpc) is 2.60. The van der Waals surface area contributed by atoms with Gasteiger partial charge in [-0.25, -0.2) is 0 Å². The van der Waals surface area contributed by atoms with Crippen LogP contribution in [0, 0.1) is 17.8 Å². The zero-order valence-electron chi connectivity index (χ0n) is 10.4. The molecule has 0 aromatic carbocycles. The maximum absolute atomic E-state index is 11.1. The van der Waals surface area contributed by atoms with Crippen LogP contribution in [0.4, 0.5) is 0 Å². The summed E-state index contributed by atoms with van der Waals surface area (Å²) in [5, 5.41) is 9.13. The summed E-state index contributed by atoms with van der Waals surface area (Å²) in [6.07, 6.45) is 5.19. The van der Waals surface area contributed by atoms with E-state index in [0.29, 0.717) is 12.0 Å². The van der Waals surface area contributed by atoms with Gasteiger partial charge in [0.15, 0.2) is 0 Å². The van der Waals surface area contributed by atoms with Crippen LogP contribution >= 0.6 is 0 Å². The van der Waals surface area contributed by atoms with Crippen LogP contribution in [0.5, 0.6) is 0 Å². The number of carboxylic acid groups (broad SMARTS) is 1. The van der Waals surface area contributed by atoms with Crippen molar-refractivity contribution in [3.63, 3.8) is 0 Å². The van der Waals surface area contributed by atoms with Crippen molar-refractivity contribution in [3.8, 4) is 0 Å². The average molecular weight is 225 g/mol. The Hall–Kier alpha value is -0.570. The summed E-state index contributed by atoms with van der Waals surface area (Å²) in [6.45, 7) is 6.15. The fourth-order valence-electron chi connectivity index (χ4n) is 3.36. The zero-order chi connectivity index (χ0) is 11.7. The van der Waals surface area contributed by atoms with Gasteiger partial charge in [-0.05, 0) is 24.7 Å². The van der Waals surface area contributed by atoms with Crippen molar-refractivity contribution in [2.75, 3.05) is 13.1 Å². The van der Waals surface area contributed by atoms with E-state index >= 15 is 0 Å². The number of carboxylic acids is 1. The van der Waals surface area contributed by atoms with Gasteiger partial charge in [0.05, 0.1) is 5.92 Å². The maximum atomic E-state index is 11.1. The molecular formula is C13H23NO2. The Labute approximate surface area is 97.8 Å². The molecule has 1 heterocycles. The minimum Gasteiger partial charge on any atom is -0.481 e. The van der Waals surface area contributed by atoms with E-state index in [2.05, 4.69) is 18.7 Å². The third-order valence-electron chi connectivity index (χ3n) is 4.38. The predicted molar refractivity (Wildman–Crippen MR) is 63.3 cm³/mol. The zero-order valence-corrected chi connectivity index (χ0v) is 10.4. The Morgan fingerprint density at radius 3 is 2.56 bits per heavy atom. The molecule has 2 fully saturated rings. The smallest absolute Gasteiger partial charge is 0.308 e. The van der Waals surface area contributed by atoms with Crippen LogP contribution in [-0.4, -0.2) is 35.1 Å². The fraction of sp³-hybridized carbons (Fsp3) is 0.923. The fourth-order valence-corrected chi connectivity index (χ4v) is 3.36. The summed E-state index contributed by atoms with van der Waals surface area (Å²) in [4.78, 5) is 13.5. The van der Waals surface area contributed by atoms with Crippen molar-refractivity contribution in [1.29, 1.82) is 0 Å². The van der Waals surface area contributed by atoms with Gasteiger partial charge in [-0.1, -0.05) is 26.7 Å². The van der Waals surface area contributed by atoms with Crippen LogP contribution in [0.3, 0.4) is 0 Å². The molecule has 0 aromatic rings. The van der Waals surface area contributed by atoms with Crippen molar-refractivity contribution in [1.82, 2.24) is 4.90 Å². The summed E-state index contributed by atoms with van der Waals surface area (Å²) in [5.41, 5.74) is 0. The van der Waals surface area contributed by atoms with Crippen LogP contribution < -0.4 is 0 Å². The van der Waals surface area contributed by atoms with E-state index in [1.165, 1.54) is 25.7 Å². The lowest BCUT2D eigenvalue weighted by atomic mass is 9.86. The molecule has 2 rings (SSSR count). The van der Waals surface area contributed by atoms with E-state index in [-0.39, 0.29) is 5.92 Å². The van der Waals surface area contributed by atoms with E-state index < -0.39 is 5.97 Å². The first-order valence-corrected chi connectivity index (χ1v) is 6.54. The molecule has 0 amide bonds. The Balaban J connectivity index is 1.94. The predicted octanol–water partition coefficient (Wildman–Crippen LogP) is 2.22. The van der Waals surface area contributed by atoms with Crippen LogP contribution in [0.15, 0.2) is 0 Å². The van der Waals surface area contributed by atoms with Crippen molar-refractivity contribution in [2.24, 2.45) is 17.8 Å².